The van der Waals surface area contributed by atoms with Gasteiger partial charge in [0.05, 0.1) is 6.04 Å². The molecule has 2 aromatic rings. The first-order valence-corrected chi connectivity index (χ1v) is 11.0. The van der Waals surface area contributed by atoms with Gasteiger partial charge in [0.1, 0.15) is 10.5 Å². The van der Waals surface area contributed by atoms with E-state index in [4.69, 9.17) is 4.74 Å². The van der Waals surface area contributed by atoms with E-state index >= 15 is 0 Å². The van der Waals surface area contributed by atoms with Crippen LogP contribution in [0.4, 0.5) is 4.79 Å². The Morgan fingerprint density at radius 2 is 1.89 bits per heavy atom. The van der Waals surface area contributed by atoms with Crippen molar-refractivity contribution in [2.75, 3.05) is 19.6 Å². The molecule has 1 aromatic heterocycles. The summed E-state index contributed by atoms with van der Waals surface area (Å²) in [6, 6.07) is 11.8. The van der Waals surface area contributed by atoms with Gasteiger partial charge in [-0.3, -0.25) is 4.79 Å². The minimum absolute atomic E-state index is 0.00615. The monoisotopic (exact) mass is 464 g/mol. The molecule has 2 heterocycles. The van der Waals surface area contributed by atoms with Crippen LogP contribution >= 0.6 is 27.3 Å². The van der Waals surface area contributed by atoms with E-state index in [9.17, 15) is 9.59 Å². The van der Waals surface area contributed by atoms with Crippen molar-refractivity contribution in [2.24, 2.45) is 0 Å². The lowest BCUT2D eigenvalue weighted by Crippen LogP contribution is -2.57. The fraction of sp³-hybridized carbons (Fsp3) is 0.429. The number of ether oxygens (including phenoxy) is 1. The lowest BCUT2D eigenvalue weighted by Gasteiger charge is -2.41. The zero-order valence-electron chi connectivity index (χ0n) is 16.4. The third-order valence-corrected chi connectivity index (χ3v) is 6.35. The summed E-state index contributed by atoms with van der Waals surface area (Å²) >= 11 is 4.90. The number of nitrogens with zero attached hydrogens (tertiary/aromatic N) is 2. The molecular weight excluding hydrogens is 440 g/mol. The summed E-state index contributed by atoms with van der Waals surface area (Å²) < 4.78 is 6.36. The number of carbonyl (C=O) groups is 2. The molecule has 1 saturated heterocycles. The number of rotatable bonds is 3. The molecule has 1 aliphatic rings. The Hall–Kier alpha value is -1.86. The Morgan fingerprint density at radius 3 is 2.50 bits per heavy atom. The van der Waals surface area contributed by atoms with Gasteiger partial charge in [0.15, 0.2) is 0 Å². The summed E-state index contributed by atoms with van der Waals surface area (Å²) in [6.45, 7) is 6.99. The largest absolute Gasteiger partial charge is 0.444 e. The molecule has 0 unspecified atom stereocenters. The topological polar surface area (TPSA) is 49.9 Å². The van der Waals surface area contributed by atoms with Gasteiger partial charge in [0.25, 0.3) is 5.91 Å². The molecule has 0 spiro atoms. The summed E-state index contributed by atoms with van der Waals surface area (Å²) in [7, 11) is 0. The van der Waals surface area contributed by atoms with Crippen LogP contribution in [0.2, 0.25) is 0 Å². The summed E-state index contributed by atoms with van der Waals surface area (Å²) in [5, 5.41) is 1.90. The Kier molecular flexibility index (Phi) is 6.45. The molecule has 1 aromatic carbocycles. The highest BCUT2D eigenvalue weighted by Gasteiger charge is 2.35. The maximum atomic E-state index is 13.2. The molecule has 0 saturated carbocycles. The molecular formula is C21H25BrN2O3S. The van der Waals surface area contributed by atoms with Crippen molar-refractivity contribution in [1.82, 2.24) is 9.80 Å². The fourth-order valence-corrected chi connectivity index (χ4v) is 4.75. The van der Waals surface area contributed by atoms with Crippen LogP contribution in [0.25, 0.3) is 0 Å². The second-order valence-corrected chi connectivity index (χ2v) is 9.64. The van der Waals surface area contributed by atoms with Crippen molar-refractivity contribution < 1.29 is 14.3 Å². The number of halogens is 1. The molecule has 2 amide bonds. The molecule has 0 bridgehead atoms. The van der Waals surface area contributed by atoms with Crippen LogP contribution in [0, 0.1) is 0 Å². The van der Waals surface area contributed by atoms with Crippen LogP contribution in [0.1, 0.15) is 36.0 Å². The van der Waals surface area contributed by atoms with E-state index in [1.54, 1.807) is 4.90 Å². The normalized spacial score (nSPS) is 17.5. The van der Waals surface area contributed by atoms with E-state index in [-0.39, 0.29) is 18.0 Å². The van der Waals surface area contributed by atoms with Crippen molar-refractivity contribution in [3.63, 3.8) is 0 Å². The lowest BCUT2D eigenvalue weighted by molar-refractivity contribution is 0.00447. The van der Waals surface area contributed by atoms with E-state index in [1.807, 2.05) is 55.3 Å². The van der Waals surface area contributed by atoms with E-state index in [0.29, 0.717) is 30.9 Å². The molecule has 7 heteroatoms. The van der Waals surface area contributed by atoms with Gasteiger partial charge >= 0.3 is 6.09 Å². The number of hydrogen-bond donors (Lipinski definition) is 0. The maximum absolute atomic E-state index is 13.2. The molecule has 1 fully saturated rings. The van der Waals surface area contributed by atoms with E-state index in [2.05, 4.69) is 28.1 Å². The average Bonchev–Trinajstić information content (AvgIpc) is 3.06. The van der Waals surface area contributed by atoms with Crippen molar-refractivity contribution in [1.29, 1.82) is 0 Å². The smallest absolute Gasteiger partial charge is 0.410 e. The number of benzene rings is 1. The van der Waals surface area contributed by atoms with E-state index in [0.717, 1.165) is 10.0 Å². The molecule has 3 rings (SSSR count). The van der Waals surface area contributed by atoms with Gasteiger partial charge in [0.2, 0.25) is 0 Å². The van der Waals surface area contributed by atoms with Crippen LogP contribution in [-0.4, -0.2) is 53.1 Å². The number of piperazine rings is 1. The number of carbonyl (C=O) groups excluding carboxylic acids is 2. The highest BCUT2D eigenvalue weighted by atomic mass is 79.9. The lowest BCUT2D eigenvalue weighted by atomic mass is 10.0. The zero-order chi connectivity index (χ0) is 20.3. The number of hydrogen-bond acceptors (Lipinski definition) is 4. The summed E-state index contributed by atoms with van der Waals surface area (Å²) in [4.78, 5) is 30.0. The van der Waals surface area contributed by atoms with Gasteiger partial charge in [-0.25, -0.2) is 4.79 Å². The molecule has 1 atom stereocenters. The Morgan fingerprint density at radius 1 is 1.18 bits per heavy atom. The Bertz CT molecular complexity index is 832. The second kappa shape index (κ2) is 8.66. The summed E-state index contributed by atoms with van der Waals surface area (Å²) in [6.07, 6.45) is 0.365. The molecule has 1 aliphatic heterocycles. The highest BCUT2D eigenvalue weighted by molar-refractivity contribution is 9.10. The molecule has 150 valence electrons. The number of thiophene rings is 1. The Balaban J connectivity index is 1.80. The summed E-state index contributed by atoms with van der Waals surface area (Å²) in [5.74, 6) is 0.00615. The van der Waals surface area contributed by atoms with Gasteiger partial charge in [-0.05, 0) is 60.1 Å². The second-order valence-electron chi connectivity index (χ2n) is 7.87. The molecule has 0 N–H and O–H groups in total. The summed E-state index contributed by atoms with van der Waals surface area (Å²) in [5.41, 5.74) is 0.599. The molecule has 0 radical (unpaired) electrons. The highest BCUT2D eigenvalue weighted by Crippen LogP contribution is 2.27. The minimum Gasteiger partial charge on any atom is -0.444 e. The molecule has 0 aliphatic carbocycles. The van der Waals surface area contributed by atoms with Gasteiger partial charge in [-0.2, -0.15) is 0 Å². The standard InChI is InChI=1S/C21H25BrN2O3S/c1-21(2,3)27-20(26)23-10-11-24(19(25)18-17(22)9-12-28-18)16(14-23)13-15-7-5-4-6-8-15/h4-9,12,16H,10-11,13-14H2,1-3H3/t16-/m1/s1. The van der Waals surface area contributed by atoms with Crippen molar-refractivity contribution in [2.45, 2.75) is 38.8 Å². The first kappa shape index (κ1) is 20.9. The van der Waals surface area contributed by atoms with E-state index < -0.39 is 5.60 Å². The predicted molar refractivity (Wildman–Crippen MR) is 115 cm³/mol. The van der Waals surface area contributed by atoms with Gasteiger partial charge in [-0.1, -0.05) is 30.3 Å². The first-order chi connectivity index (χ1) is 13.2. The Labute approximate surface area is 178 Å². The quantitative estimate of drug-likeness (QED) is 0.654. The molecule has 28 heavy (non-hydrogen) atoms. The SMILES string of the molecule is CC(C)(C)OC(=O)N1CCN(C(=O)c2sccc2Br)[C@H](Cc2ccccc2)C1. The molecule has 5 nitrogen and oxygen atoms in total. The third-order valence-electron chi connectivity index (χ3n) is 4.52. The zero-order valence-corrected chi connectivity index (χ0v) is 18.8. The van der Waals surface area contributed by atoms with E-state index in [1.165, 1.54) is 11.3 Å². The van der Waals surface area contributed by atoms with Crippen molar-refractivity contribution in [3.05, 3.63) is 56.7 Å². The third kappa shape index (κ3) is 5.14. The van der Waals surface area contributed by atoms with Crippen LogP contribution in [0.3, 0.4) is 0 Å². The van der Waals surface area contributed by atoms with Crippen molar-refractivity contribution in [3.8, 4) is 0 Å². The minimum atomic E-state index is -0.541. The predicted octanol–water partition coefficient (Wildman–Crippen LogP) is 4.81. The van der Waals surface area contributed by atoms with Crippen LogP contribution in [0.15, 0.2) is 46.3 Å². The number of amides is 2. The van der Waals surface area contributed by atoms with Gasteiger partial charge < -0.3 is 14.5 Å². The van der Waals surface area contributed by atoms with Crippen LogP contribution in [0.5, 0.6) is 0 Å². The average molecular weight is 465 g/mol. The maximum Gasteiger partial charge on any atom is 0.410 e. The van der Waals surface area contributed by atoms with Gasteiger partial charge in [0, 0.05) is 24.1 Å². The van der Waals surface area contributed by atoms with Gasteiger partial charge in [-0.15, -0.1) is 11.3 Å². The van der Waals surface area contributed by atoms with Crippen LogP contribution < -0.4 is 0 Å². The fourth-order valence-electron chi connectivity index (χ4n) is 3.25. The van der Waals surface area contributed by atoms with Crippen molar-refractivity contribution >= 4 is 39.3 Å². The first-order valence-electron chi connectivity index (χ1n) is 9.30. The van der Waals surface area contributed by atoms with Crippen LogP contribution in [-0.2, 0) is 11.2 Å².